The third-order valence-electron chi connectivity index (χ3n) is 4.62. The zero-order valence-corrected chi connectivity index (χ0v) is 17.2. The first-order valence-electron chi connectivity index (χ1n) is 8.65. The molecule has 1 amide bonds. The van der Waals surface area contributed by atoms with E-state index in [0.717, 1.165) is 0 Å². The second-order valence-corrected chi connectivity index (χ2v) is 7.40. The van der Waals surface area contributed by atoms with Crippen LogP contribution in [0.15, 0.2) is 53.0 Å². The molecular weight excluding hydrogens is 425 g/mol. The zero-order valence-electron chi connectivity index (χ0n) is 15.7. The monoisotopic (exact) mass is 443 g/mol. The molecule has 0 bridgehead atoms. The maximum Gasteiger partial charge on any atom is 0.293 e. The fourth-order valence-corrected chi connectivity index (χ4v) is 3.47. The first-order valence-corrected chi connectivity index (χ1v) is 9.44. The molecule has 0 aliphatic carbocycles. The standard InChI is InChI=1S/C21H19BrFN3O2/c1-12-18(13(2)26(3)25-12)20(27)21(28)24-19(14-7-5-4-6-8-14)16-10-9-15(22)11-17(16)23/h4-11,19H,1-3H3,(H,24,28). The molecule has 28 heavy (non-hydrogen) atoms. The normalized spacial score (nSPS) is 11.9. The maximum absolute atomic E-state index is 14.6. The van der Waals surface area contributed by atoms with Gasteiger partial charge in [0.15, 0.2) is 0 Å². The lowest BCUT2D eigenvalue weighted by atomic mass is 9.97. The molecule has 1 atom stereocenters. The van der Waals surface area contributed by atoms with E-state index in [9.17, 15) is 14.0 Å². The summed E-state index contributed by atoms with van der Waals surface area (Å²) >= 11 is 3.23. The van der Waals surface area contributed by atoms with Gasteiger partial charge in [-0.05, 0) is 31.5 Å². The van der Waals surface area contributed by atoms with Crippen molar-refractivity contribution in [2.24, 2.45) is 7.05 Å². The minimum atomic E-state index is -0.810. The molecule has 3 aromatic rings. The Balaban J connectivity index is 1.98. The Morgan fingerprint density at radius 2 is 1.82 bits per heavy atom. The molecule has 0 radical (unpaired) electrons. The Morgan fingerprint density at radius 3 is 2.39 bits per heavy atom. The van der Waals surface area contributed by atoms with Gasteiger partial charge in [-0.2, -0.15) is 5.10 Å². The zero-order chi connectivity index (χ0) is 20.4. The highest BCUT2D eigenvalue weighted by Crippen LogP contribution is 2.27. The number of carbonyl (C=O) groups excluding carboxylic acids is 2. The van der Waals surface area contributed by atoms with Crippen molar-refractivity contribution in [2.75, 3.05) is 0 Å². The molecule has 144 valence electrons. The number of carbonyl (C=O) groups is 2. The molecule has 1 unspecified atom stereocenters. The minimum Gasteiger partial charge on any atom is -0.338 e. The summed E-state index contributed by atoms with van der Waals surface area (Å²) in [6.45, 7) is 3.40. The van der Waals surface area contributed by atoms with Crippen LogP contribution in [-0.2, 0) is 11.8 Å². The number of amides is 1. The number of nitrogens with one attached hydrogen (secondary N) is 1. The quantitative estimate of drug-likeness (QED) is 0.478. The van der Waals surface area contributed by atoms with E-state index in [-0.39, 0.29) is 11.1 Å². The van der Waals surface area contributed by atoms with Crippen LogP contribution in [0.2, 0.25) is 0 Å². The minimum absolute atomic E-state index is 0.267. The van der Waals surface area contributed by atoms with Crippen molar-refractivity contribution in [3.05, 3.63) is 86.9 Å². The largest absolute Gasteiger partial charge is 0.338 e. The maximum atomic E-state index is 14.6. The number of aryl methyl sites for hydroxylation is 2. The summed E-state index contributed by atoms with van der Waals surface area (Å²) in [6, 6.07) is 12.8. The van der Waals surface area contributed by atoms with Gasteiger partial charge in [-0.25, -0.2) is 4.39 Å². The molecule has 0 aliphatic heterocycles. The molecule has 0 fully saturated rings. The number of benzene rings is 2. The van der Waals surface area contributed by atoms with E-state index in [4.69, 9.17) is 0 Å². The van der Waals surface area contributed by atoms with Gasteiger partial charge >= 0.3 is 0 Å². The number of nitrogens with zero attached hydrogens (tertiary/aromatic N) is 2. The SMILES string of the molecule is Cc1nn(C)c(C)c1C(=O)C(=O)NC(c1ccccc1)c1ccc(Br)cc1F. The second-order valence-electron chi connectivity index (χ2n) is 6.48. The average molecular weight is 444 g/mol. The van der Waals surface area contributed by atoms with E-state index in [0.29, 0.717) is 21.4 Å². The fraction of sp³-hybridized carbons (Fsp3) is 0.190. The predicted molar refractivity (Wildman–Crippen MR) is 108 cm³/mol. The summed E-state index contributed by atoms with van der Waals surface area (Å²) in [7, 11) is 1.71. The Labute approximate surface area is 170 Å². The van der Waals surface area contributed by atoms with Crippen LogP contribution in [0.4, 0.5) is 4.39 Å². The van der Waals surface area contributed by atoms with Gasteiger partial charge in [-0.1, -0.05) is 52.3 Å². The highest BCUT2D eigenvalue weighted by Gasteiger charge is 2.28. The third-order valence-corrected chi connectivity index (χ3v) is 5.12. The van der Waals surface area contributed by atoms with E-state index in [1.165, 1.54) is 6.07 Å². The van der Waals surface area contributed by atoms with Crippen molar-refractivity contribution in [2.45, 2.75) is 19.9 Å². The van der Waals surface area contributed by atoms with Gasteiger partial charge in [0.25, 0.3) is 11.7 Å². The van der Waals surface area contributed by atoms with E-state index >= 15 is 0 Å². The smallest absolute Gasteiger partial charge is 0.293 e. The lowest BCUT2D eigenvalue weighted by molar-refractivity contribution is -0.117. The van der Waals surface area contributed by atoms with Crippen LogP contribution in [0.1, 0.15) is 38.9 Å². The number of aromatic nitrogens is 2. The molecule has 3 rings (SSSR count). The third kappa shape index (κ3) is 3.89. The van der Waals surface area contributed by atoms with Gasteiger partial charge < -0.3 is 5.32 Å². The first-order chi connectivity index (χ1) is 13.3. The van der Waals surface area contributed by atoms with Crippen molar-refractivity contribution in [3.63, 3.8) is 0 Å². The van der Waals surface area contributed by atoms with Gasteiger partial charge in [0.2, 0.25) is 0 Å². The summed E-state index contributed by atoms with van der Waals surface area (Å²) in [6.07, 6.45) is 0. The van der Waals surface area contributed by atoms with Crippen LogP contribution in [0, 0.1) is 19.7 Å². The molecule has 1 aromatic heterocycles. The van der Waals surface area contributed by atoms with Crippen LogP contribution in [0.5, 0.6) is 0 Å². The summed E-state index contributed by atoms with van der Waals surface area (Å²) < 4.78 is 16.8. The van der Waals surface area contributed by atoms with Gasteiger partial charge in [0.1, 0.15) is 5.82 Å². The lowest BCUT2D eigenvalue weighted by Gasteiger charge is -2.20. The van der Waals surface area contributed by atoms with Crippen molar-refractivity contribution in [1.29, 1.82) is 0 Å². The number of hydrogen-bond donors (Lipinski definition) is 1. The number of ketones is 1. The molecule has 0 aliphatic rings. The van der Waals surface area contributed by atoms with E-state index in [1.807, 2.05) is 6.07 Å². The van der Waals surface area contributed by atoms with Gasteiger partial charge in [-0.15, -0.1) is 0 Å². The molecule has 7 heteroatoms. The van der Waals surface area contributed by atoms with E-state index in [2.05, 4.69) is 26.3 Å². The van der Waals surface area contributed by atoms with E-state index < -0.39 is 23.5 Å². The van der Waals surface area contributed by atoms with Crippen LogP contribution < -0.4 is 5.32 Å². The fourth-order valence-electron chi connectivity index (χ4n) is 3.13. The summed E-state index contributed by atoms with van der Waals surface area (Å²) in [5.41, 5.74) is 2.29. The predicted octanol–water partition coefficient (Wildman–Crippen LogP) is 4.03. The second kappa shape index (κ2) is 8.06. The molecular formula is C21H19BrFN3O2. The van der Waals surface area contributed by atoms with Gasteiger partial charge in [0, 0.05) is 22.8 Å². The number of rotatable bonds is 5. The van der Waals surface area contributed by atoms with Crippen molar-refractivity contribution in [1.82, 2.24) is 15.1 Å². The number of Topliss-reactive ketones (excluding diaryl/α,β-unsaturated/α-hetero) is 1. The number of halogens is 2. The van der Waals surface area contributed by atoms with Crippen LogP contribution in [0.3, 0.4) is 0 Å². The number of hydrogen-bond acceptors (Lipinski definition) is 3. The molecule has 0 saturated heterocycles. The molecule has 5 nitrogen and oxygen atoms in total. The summed E-state index contributed by atoms with van der Waals surface area (Å²) in [5, 5.41) is 6.88. The Morgan fingerprint density at radius 1 is 1.14 bits per heavy atom. The molecule has 0 spiro atoms. The lowest BCUT2D eigenvalue weighted by Crippen LogP contribution is -2.35. The van der Waals surface area contributed by atoms with Crippen molar-refractivity contribution in [3.8, 4) is 0 Å². The van der Waals surface area contributed by atoms with Crippen molar-refractivity contribution >= 4 is 27.6 Å². The molecule has 1 N–H and O–H groups in total. The Kier molecular flexibility index (Phi) is 5.74. The summed E-state index contributed by atoms with van der Waals surface area (Å²) in [5.74, 6) is -1.98. The van der Waals surface area contributed by atoms with Gasteiger partial charge in [-0.3, -0.25) is 14.3 Å². The Hall–Kier alpha value is -2.80. The average Bonchev–Trinajstić information content (AvgIpc) is 2.92. The first kappa shape index (κ1) is 19.9. The highest BCUT2D eigenvalue weighted by atomic mass is 79.9. The molecule has 2 aromatic carbocycles. The summed E-state index contributed by atoms with van der Waals surface area (Å²) in [4.78, 5) is 25.5. The topological polar surface area (TPSA) is 64.0 Å². The van der Waals surface area contributed by atoms with Crippen molar-refractivity contribution < 1.29 is 14.0 Å². The molecule has 1 heterocycles. The van der Waals surface area contributed by atoms with Crippen LogP contribution >= 0.6 is 15.9 Å². The Bertz CT molecular complexity index is 1050. The van der Waals surface area contributed by atoms with Crippen LogP contribution in [-0.4, -0.2) is 21.5 Å². The van der Waals surface area contributed by atoms with Crippen LogP contribution in [0.25, 0.3) is 0 Å². The molecule has 0 saturated carbocycles. The van der Waals surface area contributed by atoms with Gasteiger partial charge in [0.05, 0.1) is 17.3 Å². The van der Waals surface area contributed by atoms with E-state index in [1.54, 1.807) is 62.0 Å². The highest BCUT2D eigenvalue weighted by molar-refractivity contribution is 9.10.